The third-order valence-electron chi connectivity index (χ3n) is 2.11. The first-order valence-electron chi connectivity index (χ1n) is 4.31. The van der Waals surface area contributed by atoms with Gasteiger partial charge in [-0.2, -0.15) is 0 Å². The highest BCUT2D eigenvalue weighted by Crippen LogP contribution is 2.09. The van der Waals surface area contributed by atoms with Gasteiger partial charge in [0.15, 0.2) is 5.11 Å². The van der Waals surface area contributed by atoms with Crippen molar-refractivity contribution in [2.45, 2.75) is 25.7 Å². The summed E-state index contributed by atoms with van der Waals surface area (Å²) in [5, 5.41) is 3.93. The maximum Gasteiger partial charge on any atom is 0.168 e. The molecule has 0 radical (unpaired) electrons. The molecule has 0 atom stereocenters. The molecule has 1 heterocycles. The van der Waals surface area contributed by atoms with Crippen LogP contribution in [0.4, 0.5) is 0 Å². The largest absolute Gasteiger partial charge is 0.366 e. The van der Waals surface area contributed by atoms with Crippen molar-refractivity contribution >= 4 is 17.3 Å². The van der Waals surface area contributed by atoms with Crippen LogP contribution in [0.2, 0.25) is 0 Å². The quantitative estimate of drug-likeness (QED) is 0.556. The van der Waals surface area contributed by atoms with Crippen LogP contribution in [0.1, 0.15) is 25.7 Å². The van der Waals surface area contributed by atoms with E-state index in [9.17, 15) is 0 Å². The molecule has 0 aromatic rings. The van der Waals surface area contributed by atoms with Crippen LogP contribution in [0.3, 0.4) is 0 Å². The second kappa shape index (κ2) is 4.54. The third-order valence-corrected chi connectivity index (χ3v) is 2.57. The molecule has 1 rings (SSSR count). The zero-order valence-corrected chi connectivity index (χ0v) is 7.91. The van der Waals surface area contributed by atoms with Crippen molar-refractivity contribution in [1.82, 2.24) is 10.2 Å². The van der Waals surface area contributed by atoms with Gasteiger partial charge in [-0.3, -0.25) is 0 Å². The van der Waals surface area contributed by atoms with Gasteiger partial charge in [-0.15, -0.1) is 0 Å². The van der Waals surface area contributed by atoms with E-state index >= 15 is 0 Å². The Morgan fingerprint density at radius 1 is 1.18 bits per heavy atom. The predicted molar refractivity (Wildman–Crippen MR) is 51.7 cm³/mol. The molecule has 3 heteroatoms. The lowest BCUT2D eigenvalue weighted by molar-refractivity contribution is 0.431. The molecule has 0 spiro atoms. The average molecular weight is 172 g/mol. The van der Waals surface area contributed by atoms with E-state index in [4.69, 9.17) is 12.2 Å². The topological polar surface area (TPSA) is 15.3 Å². The highest BCUT2D eigenvalue weighted by atomic mass is 32.1. The first-order chi connectivity index (χ1) is 5.34. The van der Waals surface area contributed by atoms with Crippen molar-refractivity contribution in [3.63, 3.8) is 0 Å². The Bertz CT molecular complexity index is 128. The molecule has 64 valence electrons. The van der Waals surface area contributed by atoms with E-state index in [0.717, 1.165) is 18.2 Å². The number of hydrogen-bond donors (Lipinski definition) is 1. The molecular weight excluding hydrogens is 156 g/mol. The van der Waals surface area contributed by atoms with Crippen molar-refractivity contribution in [3.8, 4) is 0 Å². The summed E-state index contributed by atoms with van der Waals surface area (Å²) < 4.78 is 0. The summed E-state index contributed by atoms with van der Waals surface area (Å²) in [6.07, 6.45) is 5.31. The van der Waals surface area contributed by atoms with Gasteiger partial charge in [0.25, 0.3) is 0 Å². The van der Waals surface area contributed by atoms with Gasteiger partial charge in [0, 0.05) is 20.1 Å². The van der Waals surface area contributed by atoms with Crippen molar-refractivity contribution in [2.75, 3.05) is 20.1 Å². The number of thiocarbonyl (C=S) groups is 1. The maximum absolute atomic E-state index is 5.15. The number of rotatable bonds is 0. The average Bonchev–Trinajstić information content (AvgIpc) is 2.30. The van der Waals surface area contributed by atoms with Crippen molar-refractivity contribution in [2.24, 2.45) is 0 Å². The molecule has 0 aromatic heterocycles. The van der Waals surface area contributed by atoms with Crippen LogP contribution in [0.15, 0.2) is 0 Å². The van der Waals surface area contributed by atoms with E-state index in [2.05, 4.69) is 10.2 Å². The minimum Gasteiger partial charge on any atom is -0.366 e. The van der Waals surface area contributed by atoms with Gasteiger partial charge < -0.3 is 10.2 Å². The van der Waals surface area contributed by atoms with Crippen LogP contribution in [0.25, 0.3) is 0 Å². The molecule has 1 aliphatic heterocycles. The number of nitrogens with one attached hydrogen (secondary N) is 1. The molecule has 1 saturated heterocycles. The lowest BCUT2D eigenvalue weighted by Crippen LogP contribution is -2.38. The molecule has 11 heavy (non-hydrogen) atoms. The number of nitrogens with zero attached hydrogens (tertiary/aromatic N) is 1. The first-order valence-corrected chi connectivity index (χ1v) is 4.72. The predicted octanol–water partition coefficient (Wildman–Crippen LogP) is 1.37. The molecule has 0 saturated carbocycles. The Kier molecular flexibility index (Phi) is 3.63. The molecule has 1 aliphatic rings. The van der Waals surface area contributed by atoms with Crippen LogP contribution in [0, 0.1) is 0 Å². The molecule has 2 nitrogen and oxygen atoms in total. The fourth-order valence-electron chi connectivity index (χ4n) is 1.43. The summed E-state index contributed by atoms with van der Waals surface area (Å²) in [7, 11) is 1.90. The molecule has 1 fully saturated rings. The summed E-state index contributed by atoms with van der Waals surface area (Å²) in [4.78, 5) is 2.27. The Hall–Kier alpha value is -0.310. The molecule has 0 amide bonds. The van der Waals surface area contributed by atoms with E-state index in [1.807, 2.05) is 7.05 Å². The van der Waals surface area contributed by atoms with Gasteiger partial charge in [0.05, 0.1) is 0 Å². The number of hydrogen-bond acceptors (Lipinski definition) is 1. The molecule has 1 N–H and O–H groups in total. The van der Waals surface area contributed by atoms with E-state index in [1.165, 1.54) is 25.7 Å². The molecule has 0 aromatic carbocycles. The highest BCUT2D eigenvalue weighted by molar-refractivity contribution is 7.80. The van der Waals surface area contributed by atoms with Crippen LogP contribution >= 0.6 is 12.2 Å². The Balaban J connectivity index is 2.36. The lowest BCUT2D eigenvalue weighted by Gasteiger charge is -2.22. The molecular formula is C8H16N2S. The van der Waals surface area contributed by atoms with Crippen LogP contribution in [-0.2, 0) is 0 Å². The zero-order chi connectivity index (χ0) is 8.10. The second-order valence-electron chi connectivity index (χ2n) is 2.96. The SMILES string of the molecule is CNC(=S)N1CCCCCC1. The molecule has 0 bridgehead atoms. The van der Waals surface area contributed by atoms with E-state index in [0.29, 0.717) is 0 Å². The van der Waals surface area contributed by atoms with Crippen molar-refractivity contribution in [3.05, 3.63) is 0 Å². The Labute approximate surface area is 74.0 Å². The minimum absolute atomic E-state index is 0.909. The Morgan fingerprint density at radius 3 is 2.18 bits per heavy atom. The van der Waals surface area contributed by atoms with Crippen LogP contribution in [0.5, 0.6) is 0 Å². The van der Waals surface area contributed by atoms with E-state index in [1.54, 1.807) is 0 Å². The summed E-state index contributed by atoms with van der Waals surface area (Å²) in [5.41, 5.74) is 0. The van der Waals surface area contributed by atoms with E-state index < -0.39 is 0 Å². The summed E-state index contributed by atoms with van der Waals surface area (Å²) in [5.74, 6) is 0. The van der Waals surface area contributed by atoms with Gasteiger partial charge in [-0.25, -0.2) is 0 Å². The smallest absolute Gasteiger partial charge is 0.168 e. The van der Waals surface area contributed by atoms with Crippen molar-refractivity contribution < 1.29 is 0 Å². The third kappa shape index (κ3) is 2.66. The molecule has 0 unspecified atom stereocenters. The van der Waals surface area contributed by atoms with Crippen LogP contribution in [-0.4, -0.2) is 30.1 Å². The maximum atomic E-state index is 5.15. The Morgan fingerprint density at radius 2 is 1.73 bits per heavy atom. The minimum atomic E-state index is 0.909. The van der Waals surface area contributed by atoms with Gasteiger partial charge >= 0.3 is 0 Å². The normalized spacial score (nSPS) is 19.2. The van der Waals surface area contributed by atoms with Gasteiger partial charge in [0.2, 0.25) is 0 Å². The van der Waals surface area contributed by atoms with Gasteiger partial charge in [-0.05, 0) is 25.1 Å². The first kappa shape index (κ1) is 8.78. The lowest BCUT2D eigenvalue weighted by atomic mass is 10.2. The monoisotopic (exact) mass is 172 g/mol. The van der Waals surface area contributed by atoms with Crippen molar-refractivity contribution in [1.29, 1.82) is 0 Å². The van der Waals surface area contributed by atoms with Gasteiger partial charge in [0.1, 0.15) is 0 Å². The highest BCUT2D eigenvalue weighted by Gasteiger charge is 2.09. The summed E-state index contributed by atoms with van der Waals surface area (Å²) in [6, 6.07) is 0. The zero-order valence-electron chi connectivity index (χ0n) is 7.10. The van der Waals surface area contributed by atoms with Crippen LogP contribution < -0.4 is 5.32 Å². The van der Waals surface area contributed by atoms with Gasteiger partial charge in [-0.1, -0.05) is 12.8 Å². The fraction of sp³-hybridized carbons (Fsp3) is 0.875. The number of likely N-dealkylation sites (tertiary alicyclic amines) is 1. The molecule has 0 aliphatic carbocycles. The summed E-state index contributed by atoms with van der Waals surface area (Å²) >= 11 is 5.15. The standard InChI is InChI=1S/C8H16N2S/c1-9-8(11)10-6-4-2-3-5-7-10/h2-7H2,1H3,(H,9,11). The second-order valence-corrected chi connectivity index (χ2v) is 3.34. The van der Waals surface area contributed by atoms with E-state index in [-0.39, 0.29) is 0 Å². The fourth-order valence-corrected chi connectivity index (χ4v) is 1.61. The summed E-state index contributed by atoms with van der Waals surface area (Å²) in [6.45, 7) is 2.28.